The highest BCUT2D eigenvalue weighted by Crippen LogP contribution is 2.28. The van der Waals surface area contributed by atoms with E-state index in [0.29, 0.717) is 28.8 Å². The fraction of sp³-hybridized carbons (Fsp3) is 0.250. The van der Waals surface area contributed by atoms with Crippen molar-refractivity contribution in [2.45, 2.75) is 25.2 Å². The Labute approximate surface area is 186 Å². The molecule has 0 radical (unpaired) electrons. The fourth-order valence-corrected chi connectivity index (χ4v) is 4.35. The number of benzene rings is 1. The monoisotopic (exact) mass is 457 g/mol. The van der Waals surface area contributed by atoms with Crippen LogP contribution in [0.15, 0.2) is 51.5 Å². The van der Waals surface area contributed by atoms with Crippen molar-refractivity contribution >= 4 is 29.1 Å². The number of ether oxygens (including phenoxy) is 2. The molecular formula is C20H19N5O4S2. The summed E-state index contributed by atoms with van der Waals surface area (Å²) in [7, 11) is 1.57. The van der Waals surface area contributed by atoms with E-state index < -0.39 is 5.97 Å². The summed E-state index contributed by atoms with van der Waals surface area (Å²) in [5, 5.41) is 15.1. The molecule has 1 aromatic carbocycles. The van der Waals surface area contributed by atoms with Crippen LogP contribution in [-0.4, -0.2) is 43.7 Å². The van der Waals surface area contributed by atoms with Gasteiger partial charge in [-0.05, 0) is 30.5 Å². The number of carbonyl (C=O) groups excluding carboxylic acids is 1. The first-order valence-electron chi connectivity index (χ1n) is 9.41. The molecule has 4 aromatic rings. The zero-order valence-corrected chi connectivity index (χ0v) is 18.5. The van der Waals surface area contributed by atoms with Gasteiger partial charge in [-0.25, -0.2) is 0 Å². The van der Waals surface area contributed by atoms with Crippen LogP contribution < -0.4 is 4.74 Å². The van der Waals surface area contributed by atoms with Crippen LogP contribution in [0.2, 0.25) is 0 Å². The summed E-state index contributed by atoms with van der Waals surface area (Å²) in [5.41, 5.74) is 0.697. The van der Waals surface area contributed by atoms with Crippen molar-refractivity contribution in [2.75, 3.05) is 12.9 Å². The van der Waals surface area contributed by atoms with Gasteiger partial charge < -0.3 is 18.6 Å². The first-order valence-corrected chi connectivity index (χ1v) is 11.3. The third kappa shape index (κ3) is 4.78. The summed E-state index contributed by atoms with van der Waals surface area (Å²) in [6, 6.07) is 11.3. The highest BCUT2D eigenvalue weighted by molar-refractivity contribution is 7.99. The number of hydrogen-bond acceptors (Lipinski definition) is 10. The van der Waals surface area contributed by atoms with Gasteiger partial charge in [0.15, 0.2) is 17.6 Å². The minimum Gasteiger partial charge on any atom is -0.496 e. The molecule has 9 nitrogen and oxygen atoms in total. The van der Waals surface area contributed by atoms with E-state index in [2.05, 4.69) is 20.3 Å². The van der Waals surface area contributed by atoms with E-state index in [9.17, 15) is 4.79 Å². The Balaban J connectivity index is 1.33. The molecule has 31 heavy (non-hydrogen) atoms. The molecule has 0 spiro atoms. The Morgan fingerprint density at radius 1 is 1.23 bits per heavy atom. The maximum Gasteiger partial charge on any atom is 0.316 e. The molecule has 0 aliphatic carbocycles. The average Bonchev–Trinajstić information content (AvgIpc) is 3.56. The van der Waals surface area contributed by atoms with Gasteiger partial charge in [0.1, 0.15) is 5.75 Å². The lowest BCUT2D eigenvalue weighted by molar-refractivity contribution is -0.142. The normalized spacial score (nSPS) is 10.9. The van der Waals surface area contributed by atoms with E-state index in [1.54, 1.807) is 18.4 Å². The summed E-state index contributed by atoms with van der Waals surface area (Å²) >= 11 is 2.87. The van der Waals surface area contributed by atoms with Gasteiger partial charge in [0.2, 0.25) is 5.82 Å². The molecule has 160 valence electrons. The number of thioether (sulfide) groups is 1. The second-order valence-corrected chi connectivity index (χ2v) is 8.08. The van der Waals surface area contributed by atoms with E-state index in [-0.39, 0.29) is 18.3 Å². The van der Waals surface area contributed by atoms with Crippen molar-refractivity contribution in [1.29, 1.82) is 0 Å². The summed E-state index contributed by atoms with van der Waals surface area (Å²) < 4.78 is 17.7. The Kier molecular flexibility index (Phi) is 6.63. The van der Waals surface area contributed by atoms with Crippen LogP contribution in [0.25, 0.3) is 22.1 Å². The van der Waals surface area contributed by atoms with Gasteiger partial charge in [-0.2, -0.15) is 4.98 Å². The van der Waals surface area contributed by atoms with E-state index in [0.717, 1.165) is 10.7 Å². The number of methoxy groups -OCH3 is 1. The standard InChI is InChI=1S/C20H19N5O4S2/c1-3-25-19(15-9-6-10-30-15)22-23-20(25)31-12-17(26)28-11-16-21-18(24-29-16)13-7-4-5-8-14(13)27-2/h4-10H,3,11-12H2,1-2H3. The number of thiophene rings is 1. The van der Waals surface area contributed by atoms with E-state index >= 15 is 0 Å². The van der Waals surface area contributed by atoms with Gasteiger partial charge >= 0.3 is 5.97 Å². The third-order valence-corrected chi connectivity index (χ3v) is 6.07. The zero-order chi connectivity index (χ0) is 21.6. The van der Waals surface area contributed by atoms with Crippen LogP contribution in [0.4, 0.5) is 0 Å². The molecule has 0 unspecified atom stereocenters. The molecule has 3 aromatic heterocycles. The Hall–Kier alpha value is -3.18. The molecular weight excluding hydrogens is 438 g/mol. The van der Waals surface area contributed by atoms with Crippen LogP contribution in [0, 0.1) is 0 Å². The molecule has 0 saturated heterocycles. The third-order valence-electron chi connectivity index (χ3n) is 4.27. The molecule has 4 rings (SSSR count). The molecule has 3 heterocycles. The molecule has 0 aliphatic heterocycles. The topological polar surface area (TPSA) is 105 Å². The average molecular weight is 458 g/mol. The van der Waals surface area contributed by atoms with Gasteiger partial charge in [0.05, 0.1) is 23.3 Å². The van der Waals surface area contributed by atoms with E-state index in [1.807, 2.05) is 53.3 Å². The molecule has 0 N–H and O–H groups in total. The SMILES string of the molecule is CCn1c(SCC(=O)OCc2nc(-c3ccccc3OC)no2)nnc1-c1cccs1. The highest BCUT2D eigenvalue weighted by Gasteiger charge is 2.17. The lowest BCUT2D eigenvalue weighted by Crippen LogP contribution is -2.09. The quantitative estimate of drug-likeness (QED) is 0.273. The number of para-hydroxylation sites is 1. The largest absolute Gasteiger partial charge is 0.496 e. The first kappa shape index (κ1) is 21.1. The summed E-state index contributed by atoms with van der Waals surface area (Å²) in [6.45, 7) is 2.60. The fourth-order valence-electron chi connectivity index (χ4n) is 2.83. The number of carbonyl (C=O) groups is 1. The van der Waals surface area contributed by atoms with Crippen LogP contribution >= 0.6 is 23.1 Å². The maximum atomic E-state index is 12.2. The summed E-state index contributed by atoms with van der Waals surface area (Å²) in [6.07, 6.45) is 0. The highest BCUT2D eigenvalue weighted by atomic mass is 32.2. The van der Waals surface area contributed by atoms with Crippen molar-refractivity contribution in [1.82, 2.24) is 24.9 Å². The van der Waals surface area contributed by atoms with E-state index in [1.165, 1.54) is 11.8 Å². The Bertz CT molecular complexity index is 1160. The number of nitrogens with zero attached hydrogens (tertiary/aromatic N) is 5. The van der Waals surface area contributed by atoms with Crippen molar-refractivity contribution < 1.29 is 18.8 Å². The van der Waals surface area contributed by atoms with Crippen molar-refractivity contribution in [2.24, 2.45) is 0 Å². The van der Waals surface area contributed by atoms with Gasteiger partial charge in [-0.1, -0.05) is 35.1 Å². The van der Waals surface area contributed by atoms with E-state index in [4.69, 9.17) is 14.0 Å². The van der Waals surface area contributed by atoms with Crippen LogP contribution in [0.5, 0.6) is 5.75 Å². The lowest BCUT2D eigenvalue weighted by atomic mass is 10.2. The maximum absolute atomic E-state index is 12.2. The smallest absolute Gasteiger partial charge is 0.316 e. The number of aromatic nitrogens is 5. The molecule has 0 atom stereocenters. The van der Waals surface area contributed by atoms with Crippen LogP contribution in [-0.2, 0) is 22.7 Å². The molecule has 0 amide bonds. The van der Waals surface area contributed by atoms with Gasteiger partial charge in [-0.3, -0.25) is 4.79 Å². The minimum atomic E-state index is -0.412. The predicted octanol–water partition coefficient (Wildman–Crippen LogP) is 3.92. The summed E-state index contributed by atoms with van der Waals surface area (Å²) in [4.78, 5) is 17.5. The lowest BCUT2D eigenvalue weighted by Gasteiger charge is -2.06. The van der Waals surface area contributed by atoms with Crippen LogP contribution in [0.1, 0.15) is 12.8 Å². The number of hydrogen-bond donors (Lipinski definition) is 0. The molecule has 0 fully saturated rings. The van der Waals surface area contributed by atoms with Crippen LogP contribution in [0.3, 0.4) is 0 Å². The van der Waals surface area contributed by atoms with Gasteiger partial charge in [0.25, 0.3) is 5.89 Å². The van der Waals surface area contributed by atoms with Crippen molar-refractivity contribution in [3.63, 3.8) is 0 Å². The Morgan fingerprint density at radius 3 is 2.87 bits per heavy atom. The minimum absolute atomic E-state index is 0.0933. The number of rotatable bonds is 9. The molecule has 11 heteroatoms. The molecule has 0 bridgehead atoms. The predicted molar refractivity (Wildman–Crippen MR) is 116 cm³/mol. The zero-order valence-electron chi connectivity index (χ0n) is 16.8. The van der Waals surface area contributed by atoms with Crippen molar-refractivity contribution in [3.8, 4) is 27.8 Å². The Morgan fingerprint density at radius 2 is 2.10 bits per heavy atom. The first-order chi connectivity index (χ1) is 15.2. The second-order valence-electron chi connectivity index (χ2n) is 6.19. The van der Waals surface area contributed by atoms with Gasteiger partial charge in [0, 0.05) is 6.54 Å². The van der Waals surface area contributed by atoms with Crippen molar-refractivity contribution in [3.05, 3.63) is 47.7 Å². The van der Waals surface area contributed by atoms with Gasteiger partial charge in [-0.15, -0.1) is 21.5 Å². The number of esters is 1. The summed E-state index contributed by atoms with van der Waals surface area (Å²) in [5.74, 6) is 1.68. The molecule has 0 saturated carbocycles. The second kappa shape index (κ2) is 9.75. The molecule has 0 aliphatic rings.